The minimum Gasteiger partial charge on any atom is -0.399 e. The van der Waals surface area contributed by atoms with Crippen molar-refractivity contribution >= 4 is 23.1 Å². The number of benzene rings is 1. The molecule has 2 N–H and O–H groups in total. The lowest BCUT2D eigenvalue weighted by atomic mass is 10.3. The van der Waals surface area contributed by atoms with Crippen LogP contribution in [0.5, 0.6) is 0 Å². The van der Waals surface area contributed by atoms with E-state index in [0.29, 0.717) is 10.7 Å². The van der Waals surface area contributed by atoms with Crippen LogP contribution in [0.3, 0.4) is 0 Å². The Morgan fingerprint density at radius 2 is 1.94 bits per heavy atom. The fraction of sp³-hybridized carbons (Fsp3) is 0. The number of nitro groups is 1. The van der Waals surface area contributed by atoms with Gasteiger partial charge in [0.2, 0.25) is 0 Å². The van der Waals surface area contributed by atoms with Crippen LogP contribution in [0.1, 0.15) is 0 Å². The Morgan fingerprint density at radius 1 is 1.24 bits per heavy atom. The van der Waals surface area contributed by atoms with Gasteiger partial charge in [-0.2, -0.15) is 0 Å². The number of hydrogen-bond donors (Lipinski definition) is 1. The highest BCUT2D eigenvalue weighted by atomic mass is 32.2. The molecule has 0 spiro atoms. The zero-order valence-electron chi connectivity index (χ0n) is 8.74. The van der Waals surface area contributed by atoms with Crippen LogP contribution in [0.2, 0.25) is 0 Å². The molecule has 1 heterocycles. The summed E-state index contributed by atoms with van der Waals surface area (Å²) in [6, 6.07) is 10.1. The summed E-state index contributed by atoms with van der Waals surface area (Å²) < 4.78 is 0. The van der Waals surface area contributed by atoms with Gasteiger partial charge in [-0.05, 0) is 30.3 Å². The second kappa shape index (κ2) is 4.84. The van der Waals surface area contributed by atoms with Crippen molar-refractivity contribution in [1.82, 2.24) is 4.98 Å². The van der Waals surface area contributed by atoms with Crippen molar-refractivity contribution in [3.05, 3.63) is 52.7 Å². The largest absolute Gasteiger partial charge is 0.399 e. The van der Waals surface area contributed by atoms with Crippen LogP contribution in [0, 0.1) is 10.1 Å². The number of anilines is 1. The maximum absolute atomic E-state index is 10.8. The minimum absolute atomic E-state index is 0.00863. The molecule has 0 atom stereocenters. The van der Waals surface area contributed by atoms with E-state index in [1.165, 1.54) is 24.0 Å². The Hall–Kier alpha value is -2.08. The van der Waals surface area contributed by atoms with Crippen LogP contribution < -0.4 is 5.73 Å². The van der Waals surface area contributed by atoms with E-state index in [1.54, 1.807) is 30.3 Å². The summed E-state index contributed by atoms with van der Waals surface area (Å²) in [6.45, 7) is 0. The van der Waals surface area contributed by atoms with Crippen LogP contribution in [0.25, 0.3) is 0 Å². The highest BCUT2D eigenvalue weighted by Crippen LogP contribution is 2.32. The first-order valence-electron chi connectivity index (χ1n) is 4.79. The molecule has 0 radical (unpaired) electrons. The second-order valence-corrected chi connectivity index (χ2v) is 4.32. The van der Waals surface area contributed by atoms with Crippen LogP contribution in [-0.2, 0) is 0 Å². The fourth-order valence-corrected chi connectivity index (χ4v) is 2.10. The van der Waals surface area contributed by atoms with Crippen molar-refractivity contribution in [2.75, 3.05) is 5.73 Å². The van der Waals surface area contributed by atoms with Gasteiger partial charge in [0, 0.05) is 22.8 Å². The molecule has 1 aromatic carbocycles. The Labute approximate surface area is 102 Å². The predicted molar refractivity (Wildman–Crippen MR) is 65.9 cm³/mol. The standard InChI is InChI=1S/C11H9N3O2S/c12-8-3-5-9(6-4-8)17-11-10(14(15)16)2-1-7-13-11/h1-7H,12H2. The van der Waals surface area contributed by atoms with Crippen molar-refractivity contribution < 1.29 is 4.92 Å². The number of hydrogen-bond acceptors (Lipinski definition) is 5. The molecule has 0 unspecified atom stereocenters. The first-order valence-corrected chi connectivity index (χ1v) is 5.61. The molecule has 0 bridgehead atoms. The first-order chi connectivity index (χ1) is 8.16. The van der Waals surface area contributed by atoms with Gasteiger partial charge in [0.1, 0.15) is 0 Å². The summed E-state index contributed by atoms with van der Waals surface area (Å²) in [6.07, 6.45) is 1.53. The Morgan fingerprint density at radius 3 is 2.59 bits per heavy atom. The van der Waals surface area contributed by atoms with Crippen LogP contribution in [0.4, 0.5) is 11.4 Å². The van der Waals surface area contributed by atoms with Gasteiger partial charge in [-0.1, -0.05) is 11.8 Å². The number of aromatic nitrogens is 1. The van der Waals surface area contributed by atoms with Gasteiger partial charge in [0.25, 0.3) is 0 Å². The quantitative estimate of drug-likeness (QED) is 0.512. The third kappa shape index (κ3) is 2.73. The summed E-state index contributed by atoms with van der Waals surface area (Å²) >= 11 is 1.24. The van der Waals surface area contributed by atoms with Gasteiger partial charge in [0.15, 0.2) is 5.03 Å². The number of nitrogen functional groups attached to an aromatic ring is 1. The lowest BCUT2D eigenvalue weighted by molar-refractivity contribution is -0.388. The van der Waals surface area contributed by atoms with E-state index in [9.17, 15) is 10.1 Å². The van der Waals surface area contributed by atoms with Crippen molar-refractivity contribution in [3.63, 3.8) is 0 Å². The van der Waals surface area contributed by atoms with E-state index in [1.807, 2.05) is 0 Å². The molecule has 0 saturated carbocycles. The third-order valence-corrected chi connectivity index (χ3v) is 3.06. The third-order valence-electron chi connectivity index (χ3n) is 2.04. The average molecular weight is 247 g/mol. The normalized spacial score (nSPS) is 10.1. The summed E-state index contributed by atoms with van der Waals surface area (Å²) in [5.41, 5.74) is 6.23. The molecule has 86 valence electrons. The highest BCUT2D eigenvalue weighted by Gasteiger charge is 2.14. The SMILES string of the molecule is Nc1ccc(Sc2ncccc2[N+](=O)[O-])cc1. The number of pyridine rings is 1. The van der Waals surface area contributed by atoms with E-state index in [-0.39, 0.29) is 5.69 Å². The smallest absolute Gasteiger partial charge is 0.301 e. The Bertz CT molecular complexity index is 543. The van der Waals surface area contributed by atoms with Gasteiger partial charge in [-0.25, -0.2) is 4.98 Å². The summed E-state index contributed by atoms with van der Waals surface area (Å²) in [7, 11) is 0. The number of nitrogens with zero attached hydrogens (tertiary/aromatic N) is 2. The zero-order valence-corrected chi connectivity index (χ0v) is 9.55. The number of nitrogens with two attached hydrogens (primary N) is 1. The Kier molecular flexibility index (Phi) is 3.24. The van der Waals surface area contributed by atoms with Crippen LogP contribution in [0.15, 0.2) is 52.5 Å². The monoisotopic (exact) mass is 247 g/mol. The van der Waals surface area contributed by atoms with E-state index >= 15 is 0 Å². The average Bonchev–Trinajstić information content (AvgIpc) is 2.32. The van der Waals surface area contributed by atoms with E-state index in [2.05, 4.69) is 4.98 Å². The molecule has 6 heteroatoms. The van der Waals surface area contributed by atoms with Crippen molar-refractivity contribution in [2.24, 2.45) is 0 Å². The molecular weight excluding hydrogens is 238 g/mol. The molecule has 0 aliphatic rings. The fourth-order valence-electron chi connectivity index (χ4n) is 1.25. The van der Waals surface area contributed by atoms with Gasteiger partial charge in [0.05, 0.1) is 4.92 Å². The van der Waals surface area contributed by atoms with Gasteiger partial charge < -0.3 is 5.73 Å². The van der Waals surface area contributed by atoms with Gasteiger partial charge in [-0.3, -0.25) is 10.1 Å². The molecule has 2 aromatic rings. The molecule has 1 aromatic heterocycles. The lowest BCUT2D eigenvalue weighted by Gasteiger charge is -2.01. The minimum atomic E-state index is -0.438. The van der Waals surface area contributed by atoms with Crippen LogP contribution >= 0.6 is 11.8 Å². The highest BCUT2D eigenvalue weighted by molar-refractivity contribution is 7.99. The van der Waals surface area contributed by atoms with E-state index in [4.69, 9.17) is 5.73 Å². The van der Waals surface area contributed by atoms with E-state index < -0.39 is 4.92 Å². The topological polar surface area (TPSA) is 82.0 Å². The predicted octanol–water partition coefficient (Wildman–Crippen LogP) is 2.72. The van der Waals surface area contributed by atoms with Crippen molar-refractivity contribution in [3.8, 4) is 0 Å². The van der Waals surface area contributed by atoms with Gasteiger partial charge >= 0.3 is 5.69 Å². The molecule has 5 nitrogen and oxygen atoms in total. The van der Waals surface area contributed by atoms with Gasteiger partial charge in [-0.15, -0.1) is 0 Å². The molecule has 0 amide bonds. The van der Waals surface area contributed by atoms with E-state index in [0.717, 1.165) is 4.90 Å². The van der Waals surface area contributed by atoms with Crippen LogP contribution in [-0.4, -0.2) is 9.91 Å². The summed E-state index contributed by atoms with van der Waals surface area (Å²) in [5, 5.41) is 11.2. The Balaban J connectivity index is 2.30. The molecule has 0 aliphatic heterocycles. The molecule has 17 heavy (non-hydrogen) atoms. The van der Waals surface area contributed by atoms with Crippen molar-refractivity contribution in [2.45, 2.75) is 9.92 Å². The number of rotatable bonds is 3. The maximum Gasteiger partial charge on any atom is 0.301 e. The van der Waals surface area contributed by atoms with Crippen molar-refractivity contribution in [1.29, 1.82) is 0 Å². The maximum atomic E-state index is 10.8. The zero-order chi connectivity index (χ0) is 12.3. The molecular formula is C11H9N3O2S. The molecule has 0 aliphatic carbocycles. The summed E-state index contributed by atoms with van der Waals surface area (Å²) in [5.74, 6) is 0. The molecule has 0 fully saturated rings. The molecule has 2 rings (SSSR count). The first kappa shape index (κ1) is 11.4. The second-order valence-electron chi connectivity index (χ2n) is 3.26. The molecule has 0 saturated heterocycles. The summed E-state index contributed by atoms with van der Waals surface area (Å²) in [4.78, 5) is 15.2. The lowest BCUT2D eigenvalue weighted by Crippen LogP contribution is -1.92.